The Bertz CT molecular complexity index is 489. The van der Waals surface area contributed by atoms with E-state index in [-0.39, 0.29) is 24.2 Å². The fourth-order valence-electron chi connectivity index (χ4n) is 1.86. The first-order chi connectivity index (χ1) is 8.04. The molecule has 1 aromatic rings. The molecule has 1 saturated heterocycles. The predicted octanol–water partition coefficient (Wildman–Crippen LogP) is 2.96. The molecule has 17 heavy (non-hydrogen) atoms. The molecule has 3 nitrogen and oxygen atoms in total. The summed E-state index contributed by atoms with van der Waals surface area (Å²) in [5.41, 5.74) is 1.48. The number of benzene rings is 1. The largest absolute Gasteiger partial charge is 0.274 e. The van der Waals surface area contributed by atoms with E-state index < -0.39 is 0 Å². The van der Waals surface area contributed by atoms with E-state index in [1.807, 2.05) is 13.0 Å². The van der Waals surface area contributed by atoms with Crippen LogP contribution in [-0.2, 0) is 9.59 Å². The highest BCUT2D eigenvalue weighted by Crippen LogP contribution is 2.33. The molecule has 0 N–H and O–H groups in total. The summed E-state index contributed by atoms with van der Waals surface area (Å²) in [5.74, 6) is -0.513. The maximum absolute atomic E-state index is 12.1. The van der Waals surface area contributed by atoms with Crippen molar-refractivity contribution in [2.45, 2.75) is 13.3 Å². The van der Waals surface area contributed by atoms with E-state index in [1.165, 1.54) is 4.90 Å². The Morgan fingerprint density at radius 2 is 2.18 bits per heavy atom. The lowest BCUT2D eigenvalue weighted by Gasteiger charge is -2.16. The van der Waals surface area contributed by atoms with Crippen molar-refractivity contribution in [3.05, 3.63) is 28.8 Å². The lowest BCUT2D eigenvalue weighted by Crippen LogP contribution is -2.31. The van der Waals surface area contributed by atoms with Crippen LogP contribution in [0.25, 0.3) is 0 Å². The average molecular weight is 364 g/mol. The number of amides is 2. The van der Waals surface area contributed by atoms with Gasteiger partial charge in [-0.25, -0.2) is 4.90 Å². The molecule has 5 heteroatoms. The van der Waals surface area contributed by atoms with Crippen LogP contribution in [0.15, 0.2) is 18.2 Å². The summed E-state index contributed by atoms with van der Waals surface area (Å²) in [6.45, 7) is 1.90. The summed E-state index contributed by atoms with van der Waals surface area (Å²) >= 11 is 8.18. The zero-order chi connectivity index (χ0) is 12.6. The van der Waals surface area contributed by atoms with Gasteiger partial charge < -0.3 is 0 Å². The Morgan fingerprint density at radius 3 is 2.76 bits per heavy atom. The lowest BCUT2D eigenvalue weighted by atomic mass is 10.1. The molecule has 0 aromatic heterocycles. The molecule has 0 bridgehead atoms. The molecule has 0 radical (unpaired) electrons. The standard InChI is InChI=1S/C12H11ClINO2/c1-7-2-3-9(13)10(4-7)15-11(16)5-8(6-14)12(15)17/h2-4,8H,5-6H2,1H3. The number of nitrogens with zero attached hydrogens (tertiary/aromatic N) is 1. The van der Waals surface area contributed by atoms with Crippen LogP contribution in [0.5, 0.6) is 0 Å². The van der Waals surface area contributed by atoms with Crippen molar-refractivity contribution in [2.75, 3.05) is 9.33 Å². The van der Waals surface area contributed by atoms with Gasteiger partial charge >= 0.3 is 0 Å². The van der Waals surface area contributed by atoms with Gasteiger partial charge in [-0.15, -0.1) is 0 Å². The fourth-order valence-corrected chi connectivity index (χ4v) is 2.75. The van der Waals surface area contributed by atoms with Crippen LogP contribution < -0.4 is 4.90 Å². The van der Waals surface area contributed by atoms with Crippen molar-refractivity contribution in [3.63, 3.8) is 0 Å². The highest BCUT2D eigenvalue weighted by atomic mass is 127. The molecule has 1 heterocycles. The first-order valence-electron chi connectivity index (χ1n) is 5.23. The monoisotopic (exact) mass is 363 g/mol. The number of carbonyl (C=O) groups is 2. The van der Waals surface area contributed by atoms with Crippen molar-refractivity contribution >= 4 is 51.7 Å². The van der Waals surface area contributed by atoms with Crippen LogP contribution in [0, 0.1) is 12.8 Å². The SMILES string of the molecule is Cc1ccc(Cl)c(N2C(=O)CC(CI)C2=O)c1. The third-order valence-electron chi connectivity index (χ3n) is 2.77. The number of alkyl halides is 1. The molecule has 0 aliphatic carbocycles. The first-order valence-corrected chi connectivity index (χ1v) is 7.14. The smallest absolute Gasteiger partial charge is 0.238 e. The van der Waals surface area contributed by atoms with Crippen molar-refractivity contribution in [2.24, 2.45) is 5.92 Å². The molecule has 90 valence electrons. The van der Waals surface area contributed by atoms with E-state index in [0.717, 1.165) is 5.56 Å². The van der Waals surface area contributed by atoms with Crippen LogP contribution in [0.2, 0.25) is 5.02 Å². The van der Waals surface area contributed by atoms with E-state index in [9.17, 15) is 9.59 Å². The summed E-state index contributed by atoms with van der Waals surface area (Å²) in [6.07, 6.45) is 0.284. The molecular weight excluding hydrogens is 352 g/mol. The normalized spacial score (nSPS) is 20.2. The van der Waals surface area contributed by atoms with Gasteiger partial charge in [-0.1, -0.05) is 40.3 Å². The Hall–Kier alpha value is -0.620. The van der Waals surface area contributed by atoms with Gasteiger partial charge in [0.15, 0.2) is 0 Å². The quantitative estimate of drug-likeness (QED) is 0.460. The van der Waals surface area contributed by atoms with E-state index in [4.69, 9.17) is 11.6 Å². The molecule has 1 fully saturated rings. The fraction of sp³-hybridized carbons (Fsp3) is 0.333. The first kappa shape index (κ1) is 12.8. The Kier molecular flexibility index (Phi) is 3.73. The van der Waals surface area contributed by atoms with Crippen LogP contribution in [0.4, 0.5) is 5.69 Å². The van der Waals surface area contributed by atoms with Gasteiger partial charge in [0, 0.05) is 10.8 Å². The minimum atomic E-state index is -0.209. The number of imide groups is 1. The predicted molar refractivity (Wildman–Crippen MR) is 75.7 cm³/mol. The second-order valence-electron chi connectivity index (χ2n) is 4.08. The van der Waals surface area contributed by atoms with Crippen molar-refractivity contribution in [3.8, 4) is 0 Å². The highest BCUT2D eigenvalue weighted by molar-refractivity contribution is 14.1. The Labute approximate surface area is 118 Å². The van der Waals surface area contributed by atoms with Gasteiger partial charge in [-0.3, -0.25) is 9.59 Å². The maximum Gasteiger partial charge on any atom is 0.238 e. The second-order valence-corrected chi connectivity index (χ2v) is 5.37. The van der Waals surface area contributed by atoms with Crippen molar-refractivity contribution in [1.29, 1.82) is 0 Å². The van der Waals surface area contributed by atoms with Crippen molar-refractivity contribution < 1.29 is 9.59 Å². The average Bonchev–Trinajstić information content (AvgIpc) is 2.58. The topological polar surface area (TPSA) is 37.4 Å². The molecular formula is C12H11ClINO2. The number of halogens is 2. The minimum Gasteiger partial charge on any atom is -0.274 e. The van der Waals surface area contributed by atoms with E-state index in [0.29, 0.717) is 15.1 Å². The zero-order valence-corrected chi connectivity index (χ0v) is 12.2. The molecule has 0 saturated carbocycles. The number of hydrogen-bond donors (Lipinski definition) is 0. The lowest BCUT2D eigenvalue weighted by molar-refractivity contribution is -0.122. The molecule has 2 rings (SSSR count). The molecule has 1 aromatic carbocycles. The van der Waals surface area contributed by atoms with Crippen molar-refractivity contribution in [1.82, 2.24) is 0 Å². The summed E-state index contributed by atoms with van der Waals surface area (Å²) in [6, 6.07) is 5.34. The third-order valence-corrected chi connectivity index (χ3v) is 4.15. The Balaban J connectivity index is 2.43. The van der Waals surface area contributed by atoms with E-state index in [1.54, 1.807) is 12.1 Å². The highest BCUT2D eigenvalue weighted by Gasteiger charge is 2.39. The summed E-state index contributed by atoms with van der Waals surface area (Å²) in [4.78, 5) is 25.1. The van der Waals surface area contributed by atoms with Crippen LogP contribution in [0.3, 0.4) is 0 Å². The summed E-state index contributed by atoms with van der Waals surface area (Å²) in [5, 5.41) is 0.436. The third kappa shape index (κ3) is 2.33. The van der Waals surface area contributed by atoms with Gasteiger partial charge in [-0.05, 0) is 24.6 Å². The van der Waals surface area contributed by atoms with Crippen LogP contribution in [-0.4, -0.2) is 16.2 Å². The minimum absolute atomic E-state index is 0.142. The number of hydrogen-bond acceptors (Lipinski definition) is 2. The number of anilines is 1. The molecule has 1 atom stereocenters. The summed E-state index contributed by atoms with van der Waals surface area (Å²) < 4.78 is 0.655. The number of aryl methyl sites for hydroxylation is 1. The van der Waals surface area contributed by atoms with Crippen LogP contribution in [0.1, 0.15) is 12.0 Å². The molecule has 1 aliphatic heterocycles. The molecule has 1 unspecified atom stereocenters. The van der Waals surface area contributed by atoms with Crippen LogP contribution >= 0.6 is 34.2 Å². The summed E-state index contributed by atoms with van der Waals surface area (Å²) in [7, 11) is 0. The van der Waals surface area contributed by atoms with Gasteiger partial charge in [0.05, 0.1) is 16.6 Å². The van der Waals surface area contributed by atoms with Gasteiger partial charge in [0.25, 0.3) is 0 Å². The molecule has 0 spiro atoms. The van der Waals surface area contributed by atoms with E-state index >= 15 is 0 Å². The maximum atomic E-state index is 12.1. The van der Waals surface area contributed by atoms with Gasteiger partial charge in [0.1, 0.15) is 0 Å². The zero-order valence-electron chi connectivity index (χ0n) is 9.24. The molecule has 1 aliphatic rings. The Morgan fingerprint density at radius 1 is 1.47 bits per heavy atom. The van der Waals surface area contributed by atoms with Gasteiger partial charge in [-0.2, -0.15) is 0 Å². The molecule has 2 amide bonds. The second kappa shape index (κ2) is 4.94. The van der Waals surface area contributed by atoms with Gasteiger partial charge in [0.2, 0.25) is 11.8 Å². The van der Waals surface area contributed by atoms with E-state index in [2.05, 4.69) is 22.6 Å². The number of rotatable bonds is 2. The number of carbonyl (C=O) groups excluding carboxylic acids is 2.